The number of aryl methyl sites for hydroxylation is 1. The molecule has 28 heavy (non-hydrogen) atoms. The Labute approximate surface area is 168 Å². The van der Waals surface area contributed by atoms with E-state index >= 15 is 0 Å². The van der Waals surface area contributed by atoms with Crippen molar-refractivity contribution in [3.05, 3.63) is 35.9 Å². The van der Waals surface area contributed by atoms with E-state index in [0.29, 0.717) is 31.5 Å². The fourth-order valence-corrected chi connectivity index (χ4v) is 6.95. The predicted octanol–water partition coefficient (Wildman–Crippen LogP) is 2.97. The van der Waals surface area contributed by atoms with E-state index in [1.165, 1.54) is 24.8 Å². The zero-order valence-corrected chi connectivity index (χ0v) is 17.4. The molecule has 1 amide bonds. The Kier molecular flexibility index (Phi) is 6.07. The Bertz CT molecular complexity index is 780. The largest absolute Gasteiger partial charge is 0.353 e. The summed E-state index contributed by atoms with van der Waals surface area (Å²) >= 11 is 0. The van der Waals surface area contributed by atoms with Crippen molar-refractivity contribution in [3.63, 3.8) is 0 Å². The van der Waals surface area contributed by atoms with Gasteiger partial charge in [-0.1, -0.05) is 36.8 Å². The van der Waals surface area contributed by atoms with Crippen LogP contribution in [0.25, 0.3) is 0 Å². The summed E-state index contributed by atoms with van der Waals surface area (Å²) in [4.78, 5) is 12.8. The number of fused-ring (bicyclic) bond motifs is 2. The van der Waals surface area contributed by atoms with E-state index in [1.54, 1.807) is 4.31 Å². The molecule has 1 aromatic rings. The van der Waals surface area contributed by atoms with Crippen LogP contribution in [0.3, 0.4) is 0 Å². The molecule has 0 aromatic heterocycles. The van der Waals surface area contributed by atoms with Gasteiger partial charge in [-0.15, -0.1) is 0 Å². The van der Waals surface area contributed by atoms with Gasteiger partial charge in [0.2, 0.25) is 15.9 Å². The summed E-state index contributed by atoms with van der Waals surface area (Å²) in [5.41, 5.74) is 1.17. The van der Waals surface area contributed by atoms with Crippen LogP contribution in [0.4, 0.5) is 0 Å². The molecule has 2 aliphatic carbocycles. The Morgan fingerprint density at radius 1 is 1.11 bits per heavy atom. The lowest BCUT2D eigenvalue weighted by Crippen LogP contribution is -2.49. The molecule has 3 aliphatic rings. The van der Waals surface area contributed by atoms with Gasteiger partial charge >= 0.3 is 0 Å². The second kappa shape index (κ2) is 8.54. The number of hydrogen-bond donors (Lipinski definition) is 1. The molecule has 1 aliphatic heterocycles. The molecule has 5 nitrogen and oxygen atoms in total. The number of nitrogens with one attached hydrogen (secondary N) is 1. The van der Waals surface area contributed by atoms with Crippen molar-refractivity contribution in [3.8, 4) is 0 Å². The molecule has 0 spiro atoms. The maximum Gasteiger partial charge on any atom is 0.224 e. The molecule has 2 bridgehead atoms. The molecular formula is C22H32N2O3S. The van der Waals surface area contributed by atoms with E-state index in [-0.39, 0.29) is 17.6 Å². The van der Waals surface area contributed by atoms with Gasteiger partial charge in [0.1, 0.15) is 0 Å². The van der Waals surface area contributed by atoms with Crippen molar-refractivity contribution in [2.24, 2.45) is 17.8 Å². The smallest absolute Gasteiger partial charge is 0.224 e. The number of benzene rings is 1. The van der Waals surface area contributed by atoms with Gasteiger partial charge in [-0.05, 0) is 62.3 Å². The van der Waals surface area contributed by atoms with Crippen LogP contribution in [-0.4, -0.2) is 43.5 Å². The quantitative estimate of drug-likeness (QED) is 0.760. The highest BCUT2D eigenvalue weighted by molar-refractivity contribution is 7.89. The molecule has 4 rings (SSSR count). The first-order valence-electron chi connectivity index (χ1n) is 10.8. The number of hydrogen-bond acceptors (Lipinski definition) is 3. The Hall–Kier alpha value is -1.40. The van der Waals surface area contributed by atoms with E-state index in [1.807, 2.05) is 30.3 Å². The molecule has 0 radical (unpaired) electrons. The highest BCUT2D eigenvalue weighted by atomic mass is 32.2. The van der Waals surface area contributed by atoms with E-state index in [9.17, 15) is 13.2 Å². The van der Waals surface area contributed by atoms with Gasteiger partial charge in [0.15, 0.2) is 0 Å². The standard InChI is InChI=1S/C22H32N2O3S/c25-22(23-21-15-18-10-11-19(21)14-18)20-9-4-12-24(16-20)28(26,27)13-5-8-17-6-2-1-3-7-17/h1-3,6-7,18-21H,4-5,8-16H2,(H,23,25)/t18-,19+,20+,21-/m0/s1. The van der Waals surface area contributed by atoms with Crippen LogP contribution in [0.1, 0.15) is 50.5 Å². The Morgan fingerprint density at radius 3 is 2.64 bits per heavy atom. The van der Waals surface area contributed by atoms with Gasteiger partial charge in [0.05, 0.1) is 11.7 Å². The highest BCUT2D eigenvalue weighted by Crippen LogP contribution is 2.44. The number of carbonyl (C=O) groups excluding carboxylic acids is 1. The number of rotatable bonds is 7. The van der Waals surface area contributed by atoms with Gasteiger partial charge in [-0.25, -0.2) is 12.7 Å². The molecule has 2 saturated carbocycles. The molecule has 1 heterocycles. The number of sulfonamides is 1. The summed E-state index contributed by atoms with van der Waals surface area (Å²) in [6.45, 7) is 0.895. The second-order valence-electron chi connectivity index (χ2n) is 8.89. The summed E-state index contributed by atoms with van der Waals surface area (Å²) in [5.74, 6) is 1.47. The van der Waals surface area contributed by atoms with Gasteiger partial charge in [-0.3, -0.25) is 4.79 Å². The van der Waals surface area contributed by atoms with Crippen LogP contribution in [-0.2, 0) is 21.2 Å². The monoisotopic (exact) mass is 404 g/mol. The molecular weight excluding hydrogens is 372 g/mol. The van der Waals surface area contributed by atoms with E-state index in [0.717, 1.165) is 31.6 Å². The van der Waals surface area contributed by atoms with Crippen LogP contribution >= 0.6 is 0 Å². The zero-order chi connectivity index (χ0) is 19.6. The maximum absolute atomic E-state index is 12.8. The predicted molar refractivity (Wildman–Crippen MR) is 110 cm³/mol. The third-order valence-corrected chi connectivity index (χ3v) is 8.85. The summed E-state index contributed by atoms with van der Waals surface area (Å²) in [5, 5.41) is 3.26. The lowest BCUT2D eigenvalue weighted by atomic mass is 9.93. The first kappa shape index (κ1) is 19.9. The zero-order valence-electron chi connectivity index (χ0n) is 16.6. The molecule has 4 atom stereocenters. The molecule has 1 N–H and O–H groups in total. The second-order valence-corrected chi connectivity index (χ2v) is 11.0. The Balaban J connectivity index is 1.28. The molecule has 0 unspecified atom stereocenters. The highest BCUT2D eigenvalue weighted by Gasteiger charge is 2.41. The Morgan fingerprint density at radius 2 is 1.93 bits per heavy atom. The van der Waals surface area contributed by atoms with Crippen LogP contribution in [0.5, 0.6) is 0 Å². The van der Waals surface area contributed by atoms with Gasteiger partial charge in [0, 0.05) is 19.1 Å². The summed E-state index contributed by atoms with van der Waals surface area (Å²) in [6, 6.07) is 10.3. The minimum absolute atomic E-state index is 0.0711. The summed E-state index contributed by atoms with van der Waals surface area (Å²) in [7, 11) is -3.30. The summed E-state index contributed by atoms with van der Waals surface area (Å²) in [6.07, 6.45) is 7.88. The van der Waals surface area contributed by atoms with Crippen molar-refractivity contribution in [2.75, 3.05) is 18.8 Å². The van der Waals surface area contributed by atoms with Crippen molar-refractivity contribution < 1.29 is 13.2 Å². The first-order chi connectivity index (χ1) is 13.5. The molecule has 3 fully saturated rings. The van der Waals surface area contributed by atoms with Crippen LogP contribution in [0, 0.1) is 17.8 Å². The minimum Gasteiger partial charge on any atom is -0.353 e. The number of carbonyl (C=O) groups is 1. The molecule has 154 valence electrons. The van der Waals surface area contributed by atoms with E-state index in [2.05, 4.69) is 5.32 Å². The van der Waals surface area contributed by atoms with Crippen LogP contribution in [0.15, 0.2) is 30.3 Å². The summed E-state index contributed by atoms with van der Waals surface area (Å²) < 4.78 is 27.1. The maximum atomic E-state index is 12.8. The average molecular weight is 405 g/mol. The van der Waals surface area contributed by atoms with Crippen molar-refractivity contribution >= 4 is 15.9 Å². The third-order valence-electron chi connectivity index (χ3n) is 6.92. The topological polar surface area (TPSA) is 66.5 Å². The number of amides is 1. The van der Waals surface area contributed by atoms with Gasteiger partial charge < -0.3 is 5.32 Å². The molecule has 1 aromatic carbocycles. The van der Waals surface area contributed by atoms with Crippen molar-refractivity contribution in [2.45, 2.75) is 57.4 Å². The fraction of sp³-hybridized carbons (Fsp3) is 0.682. The third kappa shape index (κ3) is 4.60. The average Bonchev–Trinajstić information content (AvgIpc) is 3.32. The van der Waals surface area contributed by atoms with Crippen molar-refractivity contribution in [1.29, 1.82) is 0 Å². The van der Waals surface area contributed by atoms with Gasteiger partial charge in [-0.2, -0.15) is 0 Å². The van der Waals surface area contributed by atoms with Gasteiger partial charge in [0.25, 0.3) is 0 Å². The first-order valence-corrected chi connectivity index (χ1v) is 12.4. The van der Waals surface area contributed by atoms with Crippen molar-refractivity contribution in [1.82, 2.24) is 9.62 Å². The minimum atomic E-state index is -3.30. The molecule has 1 saturated heterocycles. The lowest BCUT2D eigenvalue weighted by Gasteiger charge is -2.33. The number of nitrogens with zero attached hydrogens (tertiary/aromatic N) is 1. The van der Waals surface area contributed by atoms with Crippen LogP contribution < -0.4 is 5.32 Å². The van der Waals surface area contributed by atoms with E-state index in [4.69, 9.17) is 0 Å². The SMILES string of the molecule is O=C(N[C@H]1C[C@H]2CC[C@@H]1C2)[C@@H]1CCCN(S(=O)(=O)CCCc2ccccc2)C1. The normalized spacial score (nSPS) is 30.4. The lowest BCUT2D eigenvalue weighted by molar-refractivity contribution is -0.127. The van der Waals surface area contributed by atoms with E-state index < -0.39 is 10.0 Å². The van der Waals surface area contributed by atoms with Crippen LogP contribution in [0.2, 0.25) is 0 Å². The fourth-order valence-electron chi connectivity index (χ4n) is 5.36. The number of piperidine rings is 1. The molecule has 6 heteroatoms.